The van der Waals surface area contributed by atoms with Gasteiger partial charge in [0.25, 0.3) is 5.91 Å². The first-order chi connectivity index (χ1) is 15.1. The van der Waals surface area contributed by atoms with Crippen LogP contribution in [0.2, 0.25) is 0 Å². The minimum atomic E-state index is -3.47. The number of fused-ring (bicyclic) bond motifs is 1. The maximum Gasteiger partial charge on any atom is 0.251 e. The fourth-order valence-electron chi connectivity index (χ4n) is 4.49. The molecule has 3 aromatic rings. The zero-order chi connectivity index (χ0) is 23.2. The van der Waals surface area contributed by atoms with Crippen LogP contribution in [0.4, 0.5) is 10.1 Å². The summed E-state index contributed by atoms with van der Waals surface area (Å²) in [5.41, 5.74) is 9.22. The molecule has 1 aliphatic carbocycles. The standard InChI is InChI=1S/C24H28FN3O3S/c1-14(2)32(30,31)27-17-10-8-16(9-11-17)23-22(24(26)29)19-13-20(25)15(3)12-21(19)28(23)18-6-4-5-7-18/h8-14,18,27H,4-7H2,1-3H3,(H2,26,29). The average molecular weight is 458 g/mol. The number of nitrogens with two attached hydrogens (primary N) is 1. The van der Waals surface area contributed by atoms with Crippen LogP contribution < -0.4 is 10.5 Å². The van der Waals surface area contributed by atoms with Gasteiger partial charge in [-0.15, -0.1) is 0 Å². The number of primary amides is 1. The number of aromatic nitrogens is 1. The van der Waals surface area contributed by atoms with E-state index in [1.165, 1.54) is 6.07 Å². The van der Waals surface area contributed by atoms with Crippen molar-refractivity contribution in [3.05, 3.63) is 53.3 Å². The third kappa shape index (κ3) is 3.88. The van der Waals surface area contributed by atoms with E-state index in [1.807, 2.05) is 0 Å². The first kappa shape index (κ1) is 22.3. The zero-order valence-corrected chi connectivity index (χ0v) is 19.3. The highest BCUT2D eigenvalue weighted by atomic mass is 32.2. The van der Waals surface area contributed by atoms with E-state index in [2.05, 4.69) is 9.29 Å². The van der Waals surface area contributed by atoms with Crippen LogP contribution in [-0.2, 0) is 10.0 Å². The van der Waals surface area contributed by atoms with Gasteiger partial charge in [0, 0.05) is 17.1 Å². The highest BCUT2D eigenvalue weighted by Crippen LogP contribution is 2.42. The molecule has 1 aliphatic rings. The molecule has 0 bridgehead atoms. The summed E-state index contributed by atoms with van der Waals surface area (Å²) < 4.78 is 43.5. The molecular formula is C24H28FN3O3S. The normalized spacial score (nSPS) is 15.0. The van der Waals surface area contributed by atoms with Crippen LogP contribution in [-0.4, -0.2) is 24.1 Å². The van der Waals surface area contributed by atoms with Crippen molar-refractivity contribution in [2.24, 2.45) is 5.73 Å². The van der Waals surface area contributed by atoms with E-state index in [4.69, 9.17) is 5.73 Å². The number of carbonyl (C=O) groups is 1. The molecule has 1 saturated carbocycles. The first-order valence-electron chi connectivity index (χ1n) is 10.9. The number of sulfonamides is 1. The number of hydrogen-bond donors (Lipinski definition) is 2. The summed E-state index contributed by atoms with van der Waals surface area (Å²) in [4.78, 5) is 12.6. The maximum absolute atomic E-state index is 14.5. The second-order valence-electron chi connectivity index (χ2n) is 8.79. The molecule has 0 unspecified atom stereocenters. The smallest absolute Gasteiger partial charge is 0.251 e. The van der Waals surface area contributed by atoms with Gasteiger partial charge in [0.05, 0.1) is 22.0 Å². The number of halogens is 1. The second kappa shape index (κ2) is 8.24. The van der Waals surface area contributed by atoms with E-state index in [9.17, 15) is 17.6 Å². The van der Waals surface area contributed by atoms with Gasteiger partial charge in [-0.05, 0) is 69.0 Å². The molecule has 0 atom stereocenters. The summed E-state index contributed by atoms with van der Waals surface area (Å²) in [7, 11) is -3.47. The molecule has 2 aromatic carbocycles. The van der Waals surface area contributed by atoms with E-state index in [0.717, 1.165) is 36.8 Å². The number of amides is 1. The molecule has 0 saturated heterocycles. The minimum Gasteiger partial charge on any atom is -0.366 e. The molecular weight excluding hydrogens is 429 g/mol. The van der Waals surface area contributed by atoms with Crippen LogP contribution in [0.5, 0.6) is 0 Å². The Morgan fingerprint density at radius 3 is 2.34 bits per heavy atom. The maximum atomic E-state index is 14.5. The lowest BCUT2D eigenvalue weighted by molar-refractivity contribution is 0.100. The number of aryl methyl sites for hydroxylation is 1. The summed E-state index contributed by atoms with van der Waals surface area (Å²) in [6, 6.07) is 10.2. The lowest BCUT2D eigenvalue weighted by atomic mass is 10.0. The number of nitrogens with one attached hydrogen (secondary N) is 1. The Hall–Kier alpha value is -2.87. The van der Waals surface area contributed by atoms with Crippen molar-refractivity contribution in [3.63, 3.8) is 0 Å². The molecule has 1 amide bonds. The predicted octanol–water partition coefficient (Wildman–Crippen LogP) is 5.12. The van der Waals surface area contributed by atoms with Crippen molar-refractivity contribution in [1.29, 1.82) is 0 Å². The van der Waals surface area contributed by atoms with Crippen LogP contribution in [0.15, 0.2) is 36.4 Å². The van der Waals surface area contributed by atoms with E-state index >= 15 is 0 Å². The van der Waals surface area contributed by atoms with Crippen LogP contribution in [0.25, 0.3) is 22.2 Å². The van der Waals surface area contributed by atoms with Crippen LogP contribution >= 0.6 is 0 Å². The van der Waals surface area contributed by atoms with Gasteiger partial charge < -0.3 is 10.3 Å². The highest BCUT2D eigenvalue weighted by molar-refractivity contribution is 7.93. The second-order valence-corrected chi connectivity index (χ2v) is 11.0. The Labute approximate surface area is 187 Å². The fourth-order valence-corrected chi connectivity index (χ4v) is 5.19. The molecule has 32 heavy (non-hydrogen) atoms. The summed E-state index contributed by atoms with van der Waals surface area (Å²) in [5, 5.41) is -0.0567. The van der Waals surface area contributed by atoms with Gasteiger partial charge in [0.2, 0.25) is 10.0 Å². The molecule has 8 heteroatoms. The average Bonchev–Trinajstić information content (AvgIpc) is 3.34. The van der Waals surface area contributed by atoms with Crippen molar-refractivity contribution < 1.29 is 17.6 Å². The van der Waals surface area contributed by atoms with Gasteiger partial charge in [0.15, 0.2) is 0 Å². The minimum absolute atomic E-state index is 0.185. The topological polar surface area (TPSA) is 94.2 Å². The van der Waals surface area contributed by atoms with Gasteiger partial charge in [-0.1, -0.05) is 25.0 Å². The Morgan fingerprint density at radius 2 is 1.78 bits per heavy atom. The highest BCUT2D eigenvalue weighted by Gasteiger charge is 2.29. The quantitative estimate of drug-likeness (QED) is 0.538. The van der Waals surface area contributed by atoms with E-state index in [1.54, 1.807) is 51.1 Å². The van der Waals surface area contributed by atoms with Crippen molar-refractivity contribution in [2.75, 3.05) is 4.72 Å². The molecule has 0 radical (unpaired) electrons. The molecule has 6 nitrogen and oxygen atoms in total. The van der Waals surface area contributed by atoms with Crippen LogP contribution in [0.1, 0.15) is 61.5 Å². The number of carbonyl (C=O) groups excluding carboxylic acids is 1. The Bertz CT molecular complexity index is 1290. The van der Waals surface area contributed by atoms with Gasteiger partial charge in [-0.25, -0.2) is 12.8 Å². The van der Waals surface area contributed by atoms with Crippen LogP contribution in [0.3, 0.4) is 0 Å². The summed E-state index contributed by atoms with van der Waals surface area (Å²) in [6.45, 7) is 4.92. The molecule has 1 fully saturated rings. The van der Waals surface area contributed by atoms with Gasteiger partial charge in [-0.2, -0.15) is 0 Å². The summed E-state index contributed by atoms with van der Waals surface area (Å²) in [6.07, 6.45) is 4.12. The molecule has 0 spiro atoms. The number of benzene rings is 2. The number of rotatable bonds is 6. The van der Waals surface area contributed by atoms with Crippen molar-refractivity contribution in [3.8, 4) is 11.3 Å². The molecule has 3 N–H and O–H groups in total. The number of hydrogen-bond acceptors (Lipinski definition) is 3. The van der Waals surface area contributed by atoms with Crippen LogP contribution in [0, 0.1) is 12.7 Å². The van der Waals surface area contributed by atoms with Gasteiger partial charge >= 0.3 is 0 Å². The SMILES string of the molecule is Cc1cc2c(cc1F)c(C(N)=O)c(-c1ccc(NS(=O)(=O)C(C)C)cc1)n2C1CCCC1. The van der Waals surface area contributed by atoms with E-state index in [0.29, 0.717) is 27.9 Å². The lowest BCUT2D eigenvalue weighted by Crippen LogP contribution is -2.22. The third-order valence-corrected chi connectivity index (χ3v) is 8.02. The Morgan fingerprint density at radius 1 is 1.16 bits per heavy atom. The summed E-state index contributed by atoms with van der Waals surface area (Å²) in [5.74, 6) is -0.997. The van der Waals surface area contributed by atoms with Gasteiger partial charge in [-0.3, -0.25) is 9.52 Å². The molecule has 170 valence electrons. The third-order valence-electron chi connectivity index (χ3n) is 6.26. The van der Waals surface area contributed by atoms with Crippen molar-refractivity contribution in [1.82, 2.24) is 4.57 Å². The lowest BCUT2D eigenvalue weighted by Gasteiger charge is -2.19. The first-order valence-corrected chi connectivity index (χ1v) is 12.4. The molecule has 4 rings (SSSR count). The van der Waals surface area contributed by atoms with E-state index in [-0.39, 0.29) is 11.9 Å². The number of anilines is 1. The monoisotopic (exact) mass is 457 g/mol. The molecule has 1 heterocycles. The predicted molar refractivity (Wildman–Crippen MR) is 126 cm³/mol. The zero-order valence-electron chi connectivity index (χ0n) is 18.5. The largest absolute Gasteiger partial charge is 0.366 e. The molecule has 1 aromatic heterocycles. The number of nitrogens with zero attached hydrogens (tertiary/aromatic N) is 1. The Kier molecular flexibility index (Phi) is 5.75. The van der Waals surface area contributed by atoms with Crippen molar-refractivity contribution in [2.45, 2.75) is 57.7 Å². The van der Waals surface area contributed by atoms with Crippen molar-refractivity contribution >= 4 is 32.5 Å². The fraction of sp³-hybridized carbons (Fsp3) is 0.375. The van der Waals surface area contributed by atoms with Gasteiger partial charge in [0.1, 0.15) is 5.82 Å². The Balaban J connectivity index is 1.92. The van der Waals surface area contributed by atoms with E-state index < -0.39 is 21.2 Å². The molecule has 0 aliphatic heterocycles. The summed E-state index contributed by atoms with van der Waals surface area (Å²) >= 11 is 0.